The highest BCUT2D eigenvalue weighted by Gasteiger charge is 2.53. The lowest BCUT2D eigenvalue weighted by Crippen LogP contribution is -2.58. The summed E-state index contributed by atoms with van der Waals surface area (Å²) in [5.74, 6) is -0.221. The van der Waals surface area contributed by atoms with Crippen LogP contribution in [0.2, 0.25) is 0 Å². The van der Waals surface area contributed by atoms with Crippen molar-refractivity contribution in [2.75, 3.05) is 34.2 Å². The first-order valence-corrected chi connectivity index (χ1v) is 20.2. The van der Waals surface area contributed by atoms with Crippen LogP contribution in [-0.4, -0.2) is 150 Å². The molecular weight excluding hydrogens is 727 g/mol. The summed E-state index contributed by atoms with van der Waals surface area (Å²) in [6.45, 7) is 0.697. The SMILES string of the molecule is CN(C)C.O=C(NC1CC2(CCC2)C1)[C@@H]1CC[C@@H]2CN1C(=O)N2O.O=C(NC1CC2(CCC2)C1)[C@@H]1CC[C@@H]2CN1C(=O)N2OS(=O)(=O)O.O=S(=O)=O. The zero-order valence-electron chi connectivity index (χ0n) is 29.8. The molecule has 21 heteroatoms. The Kier molecular flexibility index (Phi) is 12.1. The predicted octanol–water partition coefficient (Wildman–Crippen LogP) is 0.705. The fourth-order valence-corrected chi connectivity index (χ4v) is 9.36. The van der Waals surface area contributed by atoms with Crippen molar-refractivity contribution in [3.63, 3.8) is 0 Å². The van der Waals surface area contributed by atoms with Crippen molar-refractivity contribution in [3.05, 3.63) is 0 Å². The molecule has 8 fully saturated rings. The van der Waals surface area contributed by atoms with E-state index in [1.54, 1.807) is 0 Å². The summed E-state index contributed by atoms with van der Waals surface area (Å²) in [4.78, 5) is 53.8. The van der Waals surface area contributed by atoms with Crippen LogP contribution in [0.15, 0.2) is 0 Å². The zero-order valence-corrected chi connectivity index (χ0v) is 31.4. The normalized spacial score (nSPS) is 30.3. The van der Waals surface area contributed by atoms with Gasteiger partial charge in [0.1, 0.15) is 12.1 Å². The molecule has 4 atom stereocenters. The maximum absolute atomic E-state index is 12.5. The Bertz CT molecular complexity index is 1580. The van der Waals surface area contributed by atoms with Crippen molar-refractivity contribution in [1.82, 2.24) is 35.5 Å². The molecule has 4 aliphatic carbocycles. The lowest BCUT2D eigenvalue weighted by molar-refractivity contribution is -0.130. The molecule has 4 saturated heterocycles. The molecular formula is C31H51N7O12S2. The van der Waals surface area contributed by atoms with Crippen LogP contribution in [0.3, 0.4) is 0 Å². The summed E-state index contributed by atoms with van der Waals surface area (Å²) >= 11 is 0. The molecule has 294 valence electrons. The van der Waals surface area contributed by atoms with Gasteiger partial charge in [-0.1, -0.05) is 12.8 Å². The molecule has 2 spiro atoms. The largest absolute Gasteiger partial charge is 0.425 e. The molecule has 4 aliphatic heterocycles. The van der Waals surface area contributed by atoms with Crippen LogP contribution in [-0.2, 0) is 34.9 Å². The molecule has 4 N–H and O–H groups in total. The van der Waals surface area contributed by atoms with Crippen molar-refractivity contribution in [2.24, 2.45) is 10.8 Å². The van der Waals surface area contributed by atoms with E-state index in [4.69, 9.17) is 17.2 Å². The highest BCUT2D eigenvalue weighted by molar-refractivity contribution is 7.80. The second-order valence-corrected chi connectivity index (χ2v) is 17.4. The van der Waals surface area contributed by atoms with Gasteiger partial charge < -0.3 is 25.3 Å². The van der Waals surface area contributed by atoms with Crippen molar-refractivity contribution < 1.29 is 54.3 Å². The first-order chi connectivity index (χ1) is 24.3. The number of nitrogens with one attached hydrogen (secondary N) is 2. The standard InChI is InChI=1S/C14H21N3O6S.C14H21N3O3.C3H9N.O3S/c18-12(15-9-6-14(7-9)4-1-5-14)11-3-2-10-8-16(11)13(19)17(10)23-24(20,21)22;18-12(15-9-6-14(7-9)4-1-5-14)11-3-2-10-8-16(11)13(19)17(10)20;2*1-4(2)3/h9-11H,1-8H2,(H,15,18)(H,20,21,22);9-11,20H,1-8H2,(H,15,18);1-3H3;/t2*10-,11+;;/m11../s1. The number of amides is 6. The van der Waals surface area contributed by atoms with Crippen LogP contribution < -0.4 is 10.6 Å². The van der Waals surface area contributed by atoms with E-state index in [0.717, 1.165) is 30.7 Å². The average molecular weight is 778 g/mol. The quantitative estimate of drug-likeness (QED) is 0.215. The van der Waals surface area contributed by atoms with Crippen molar-refractivity contribution in [3.8, 4) is 0 Å². The van der Waals surface area contributed by atoms with Crippen LogP contribution in [0.4, 0.5) is 9.59 Å². The summed E-state index contributed by atoms with van der Waals surface area (Å²) in [5.41, 5.74) is 1.00. The maximum Gasteiger partial charge on any atom is 0.425 e. The van der Waals surface area contributed by atoms with Gasteiger partial charge in [-0.05, 0) is 109 Å². The van der Waals surface area contributed by atoms with Gasteiger partial charge >= 0.3 is 33.1 Å². The first kappa shape index (κ1) is 40.1. The number of carbonyl (C=O) groups is 4. The molecule has 4 saturated carbocycles. The lowest BCUT2D eigenvalue weighted by Gasteiger charge is -2.54. The number of urea groups is 2. The highest BCUT2D eigenvalue weighted by atomic mass is 32.3. The van der Waals surface area contributed by atoms with Crippen molar-refractivity contribution in [2.45, 2.75) is 126 Å². The number of carbonyl (C=O) groups excluding carboxylic acids is 4. The third-order valence-corrected chi connectivity index (χ3v) is 12.0. The summed E-state index contributed by atoms with van der Waals surface area (Å²) in [7, 11) is -1.87. The number of hydrogen-bond acceptors (Lipinski definition) is 12. The van der Waals surface area contributed by atoms with E-state index in [0.29, 0.717) is 54.2 Å². The van der Waals surface area contributed by atoms with Gasteiger partial charge in [0.15, 0.2) is 0 Å². The Balaban J connectivity index is 0.000000169. The molecule has 6 amide bonds. The molecule has 4 heterocycles. The van der Waals surface area contributed by atoms with E-state index in [-0.39, 0.29) is 30.4 Å². The number of hydroxylamine groups is 4. The van der Waals surface area contributed by atoms with E-state index in [2.05, 4.69) is 14.9 Å². The van der Waals surface area contributed by atoms with Crippen LogP contribution in [0.1, 0.15) is 89.9 Å². The van der Waals surface area contributed by atoms with E-state index < -0.39 is 51.2 Å². The minimum absolute atomic E-state index is 0.0359. The van der Waals surface area contributed by atoms with E-state index in [1.165, 1.54) is 48.3 Å². The number of hydrogen-bond donors (Lipinski definition) is 4. The van der Waals surface area contributed by atoms with Gasteiger partial charge in [0.2, 0.25) is 11.8 Å². The minimum atomic E-state index is -4.76. The number of fused-ring (bicyclic) bond motifs is 4. The highest BCUT2D eigenvalue weighted by Crippen LogP contribution is 2.56. The van der Waals surface area contributed by atoms with Crippen LogP contribution in [0.25, 0.3) is 0 Å². The monoisotopic (exact) mass is 777 g/mol. The molecule has 0 radical (unpaired) electrons. The third-order valence-electron chi connectivity index (χ3n) is 11.7. The van der Waals surface area contributed by atoms with Gasteiger partial charge in [-0.3, -0.25) is 19.3 Å². The van der Waals surface area contributed by atoms with Gasteiger partial charge in [-0.25, -0.2) is 14.7 Å². The van der Waals surface area contributed by atoms with Crippen LogP contribution in [0, 0.1) is 10.8 Å². The first-order valence-electron chi connectivity index (χ1n) is 17.8. The van der Waals surface area contributed by atoms with Gasteiger partial charge in [0.25, 0.3) is 0 Å². The van der Waals surface area contributed by atoms with Crippen molar-refractivity contribution >= 4 is 44.9 Å². The second kappa shape index (κ2) is 15.7. The Hall–Kier alpha value is -3.11. The molecule has 8 rings (SSSR count). The molecule has 52 heavy (non-hydrogen) atoms. The molecule has 0 aromatic rings. The van der Waals surface area contributed by atoms with Gasteiger partial charge in [-0.15, -0.1) is 16.9 Å². The van der Waals surface area contributed by atoms with E-state index in [1.807, 2.05) is 26.0 Å². The van der Waals surface area contributed by atoms with Crippen LogP contribution in [0.5, 0.6) is 0 Å². The summed E-state index contributed by atoms with van der Waals surface area (Å²) in [6, 6.07) is -2.24. The fraction of sp³-hybridized carbons (Fsp3) is 0.871. The predicted molar refractivity (Wildman–Crippen MR) is 180 cm³/mol. The number of rotatable bonds is 6. The molecule has 8 aliphatic rings. The number of piperidine rings is 2. The Morgan fingerprint density at radius 2 is 1.15 bits per heavy atom. The molecule has 0 aromatic carbocycles. The number of nitrogens with zero attached hydrogens (tertiary/aromatic N) is 5. The summed E-state index contributed by atoms with van der Waals surface area (Å²) in [6.07, 6.45) is 14.2. The van der Waals surface area contributed by atoms with E-state index >= 15 is 0 Å². The maximum atomic E-state index is 12.5. The molecule has 4 bridgehead atoms. The summed E-state index contributed by atoms with van der Waals surface area (Å²) < 4.78 is 60.2. The molecule has 0 unspecified atom stereocenters. The smallest absolute Gasteiger partial charge is 0.352 e. The van der Waals surface area contributed by atoms with Crippen LogP contribution >= 0.6 is 0 Å². The zero-order chi connectivity index (χ0) is 38.2. The minimum Gasteiger partial charge on any atom is -0.352 e. The topological polar surface area (TPSA) is 244 Å². The van der Waals surface area contributed by atoms with Gasteiger partial charge in [-0.2, -0.15) is 13.5 Å². The van der Waals surface area contributed by atoms with Gasteiger partial charge in [0, 0.05) is 25.2 Å². The average Bonchev–Trinajstić information content (AvgIpc) is 3.32. The Morgan fingerprint density at radius 1 is 0.769 bits per heavy atom. The summed E-state index contributed by atoms with van der Waals surface area (Å²) in [5, 5.41) is 17.2. The van der Waals surface area contributed by atoms with Crippen molar-refractivity contribution in [1.29, 1.82) is 0 Å². The second-order valence-electron chi connectivity index (χ2n) is 16.0. The van der Waals surface area contributed by atoms with Gasteiger partial charge in [0.05, 0.1) is 12.1 Å². The molecule has 0 aromatic heterocycles. The fourth-order valence-electron chi connectivity index (χ4n) is 8.97. The lowest BCUT2D eigenvalue weighted by atomic mass is 9.54. The third kappa shape index (κ3) is 9.15. The molecule has 19 nitrogen and oxygen atoms in total. The van der Waals surface area contributed by atoms with E-state index in [9.17, 15) is 32.8 Å². The Labute approximate surface area is 305 Å². The Morgan fingerprint density at radius 3 is 1.54 bits per heavy atom.